The van der Waals surface area contributed by atoms with Crippen LogP contribution in [0.2, 0.25) is 0 Å². The Morgan fingerprint density at radius 3 is 2.16 bits per heavy atom. The largest absolute Gasteiger partial charge is 0.369 e. The quantitative estimate of drug-likeness (QED) is 0.841. The zero-order valence-electron chi connectivity index (χ0n) is 15.2. The molecule has 1 saturated heterocycles. The summed E-state index contributed by atoms with van der Waals surface area (Å²) in [5, 5.41) is 0. The SMILES string of the molecule is CCc1ccc(S(=O)(=O)N2CCN(c3cc(C)ccc3C)CC2)cc1. The Kier molecular flexibility index (Phi) is 5.16. The highest BCUT2D eigenvalue weighted by atomic mass is 32.2. The molecule has 1 fully saturated rings. The van der Waals surface area contributed by atoms with Gasteiger partial charge in [0.15, 0.2) is 0 Å². The minimum absolute atomic E-state index is 0.393. The van der Waals surface area contributed by atoms with Crippen LogP contribution in [0.1, 0.15) is 23.6 Å². The van der Waals surface area contributed by atoms with Gasteiger partial charge in [-0.3, -0.25) is 0 Å². The topological polar surface area (TPSA) is 40.6 Å². The number of hydrogen-bond donors (Lipinski definition) is 0. The van der Waals surface area contributed by atoms with E-state index < -0.39 is 10.0 Å². The van der Waals surface area contributed by atoms with Gasteiger partial charge in [-0.1, -0.05) is 31.2 Å². The lowest BCUT2D eigenvalue weighted by atomic mass is 10.1. The van der Waals surface area contributed by atoms with Crippen molar-refractivity contribution in [1.82, 2.24) is 4.31 Å². The predicted octanol–water partition coefficient (Wildman–Crippen LogP) is 3.38. The van der Waals surface area contributed by atoms with Crippen molar-refractivity contribution in [3.8, 4) is 0 Å². The first kappa shape index (κ1) is 18.0. The summed E-state index contributed by atoms with van der Waals surface area (Å²) in [5.41, 5.74) is 4.83. The Morgan fingerprint density at radius 2 is 1.56 bits per heavy atom. The zero-order valence-corrected chi connectivity index (χ0v) is 16.0. The van der Waals surface area contributed by atoms with Crippen LogP contribution in [-0.2, 0) is 16.4 Å². The minimum atomic E-state index is -3.40. The molecular formula is C20H26N2O2S. The third-order valence-corrected chi connectivity index (χ3v) is 6.83. The van der Waals surface area contributed by atoms with Gasteiger partial charge in [0.05, 0.1) is 4.90 Å². The molecule has 0 radical (unpaired) electrons. The lowest BCUT2D eigenvalue weighted by Crippen LogP contribution is -2.48. The van der Waals surface area contributed by atoms with Crippen molar-refractivity contribution in [2.75, 3.05) is 31.1 Å². The zero-order chi connectivity index (χ0) is 18.0. The van der Waals surface area contributed by atoms with Gasteiger partial charge in [0.1, 0.15) is 0 Å². The van der Waals surface area contributed by atoms with E-state index in [1.54, 1.807) is 16.4 Å². The molecule has 0 spiro atoms. The molecule has 2 aromatic carbocycles. The molecule has 1 aliphatic rings. The molecule has 0 amide bonds. The molecule has 4 nitrogen and oxygen atoms in total. The van der Waals surface area contributed by atoms with Crippen LogP contribution in [0, 0.1) is 13.8 Å². The van der Waals surface area contributed by atoms with Crippen LogP contribution in [0.5, 0.6) is 0 Å². The van der Waals surface area contributed by atoms with Crippen LogP contribution in [-0.4, -0.2) is 38.9 Å². The predicted molar refractivity (Wildman–Crippen MR) is 103 cm³/mol. The molecule has 0 bridgehead atoms. The molecule has 0 aliphatic carbocycles. The number of benzene rings is 2. The summed E-state index contributed by atoms with van der Waals surface area (Å²) >= 11 is 0. The number of aryl methyl sites for hydroxylation is 3. The Bertz CT molecular complexity index is 836. The van der Waals surface area contributed by atoms with Gasteiger partial charge in [0, 0.05) is 31.9 Å². The molecule has 0 N–H and O–H groups in total. The Morgan fingerprint density at radius 1 is 0.920 bits per heavy atom. The Labute approximate surface area is 151 Å². The summed E-state index contributed by atoms with van der Waals surface area (Å²) < 4.78 is 27.3. The van der Waals surface area contributed by atoms with Gasteiger partial charge in [-0.15, -0.1) is 0 Å². The summed E-state index contributed by atoms with van der Waals surface area (Å²) in [5.74, 6) is 0. The minimum Gasteiger partial charge on any atom is -0.369 e. The van der Waals surface area contributed by atoms with Crippen molar-refractivity contribution < 1.29 is 8.42 Å². The Hall–Kier alpha value is -1.85. The van der Waals surface area contributed by atoms with E-state index in [4.69, 9.17) is 0 Å². The number of rotatable bonds is 4. The van der Waals surface area contributed by atoms with E-state index >= 15 is 0 Å². The fraction of sp³-hybridized carbons (Fsp3) is 0.400. The van der Waals surface area contributed by atoms with Crippen molar-refractivity contribution in [1.29, 1.82) is 0 Å². The second-order valence-corrected chi connectivity index (χ2v) is 8.62. The van der Waals surface area contributed by atoms with Crippen molar-refractivity contribution in [3.63, 3.8) is 0 Å². The second kappa shape index (κ2) is 7.18. The van der Waals surface area contributed by atoms with Crippen LogP contribution in [0.4, 0.5) is 5.69 Å². The summed E-state index contributed by atoms with van der Waals surface area (Å²) in [6.45, 7) is 8.73. The van der Waals surface area contributed by atoms with Crippen LogP contribution < -0.4 is 4.90 Å². The maximum absolute atomic E-state index is 12.9. The summed E-state index contributed by atoms with van der Waals surface area (Å²) in [6, 6.07) is 13.7. The molecule has 1 heterocycles. The highest BCUT2D eigenvalue weighted by molar-refractivity contribution is 7.89. The van der Waals surface area contributed by atoms with E-state index in [1.165, 1.54) is 16.8 Å². The highest BCUT2D eigenvalue weighted by Crippen LogP contribution is 2.25. The maximum Gasteiger partial charge on any atom is 0.243 e. The summed E-state index contributed by atoms with van der Waals surface area (Å²) in [7, 11) is -3.40. The molecule has 25 heavy (non-hydrogen) atoms. The number of anilines is 1. The first-order chi connectivity index (χ1) is 11.9. The molecule has 0 saturated carbocycles. The van der Waals surface area contributed by atoms with Crippen molar-refractivity contribution in [3.05, 3.63) is 59.2 Å². The molecule has 0 atom stereocenters. The molecule has 134 valence electrons. The van der Waals surface area contributed by atoms with Gasteiger partial charge >= 0.3 is 0 Å². The van der Waals surface area contributed by atoms with Crippen LogP contribution >= 0.6 is 0 Å². The van der Waals surface area contributed by atoms with E-state index in [1.807, 2.05) is 12.1 Å². The van der Waals surface area contributed by atoms with E-state index in [2.05, 4.69) is 43.9 Å². The van der Waals surface area contributed by atoms with E-state index in [0.29, 0.717) is 18.0 Å². The Balaban J connectivity index is 1.73. The van der Waals surface area contributed by atoms with Crippen molar-refractivity contribution >= 4 is 15.7 Å². The average Bonchev–Trinajstić information content (AvgIpc) is 2.64. The number of hydrogen-bond acceptors (Lipinski definition) is 3. The van der Waals surface area contributed by atoms with Gasteiger partial charge in [-0.25, -0.2) is 8.42 Å². The maximum atomic E-state index is 12.9. The van der Waals surface area contributed by atoms with Gasteiger partial charge < -0.3 is 4.90 Å². The summed E-state index contributed by atoms with van der Waals surface area (Å²) in [6.07, 6.45) is 0.912. The summed E-state index contributed by atoms with van der Waals surface area (Å²) in [4.78, 5) is 2.68. The lowest BCUT2D eigenvalue weighted by Gasteiger charge is -2.36. The molecule has 3 rings (SSSR count). The monoisotopic (exact) mass is 358 g/mol. The number of piperazine rings is 1. The molecular weight excluding hydrogens is 332 g/mol. The van der Waals surface area contributed by atoms with E-state index in [0.717, 1.165) is 25.1 Å². The normalized spacial score (nSPS) is 16.2. The van der Waals surface area contributed by atoms with Crippen LogP contribution in [0.3, 0.4) is 0 Å². The van der Waals surface area contributed by atoms with Gasteiger partial charge in [-0.2, -0.15) is 4.31 Å². The lowest BCUT2D eigenvalue weighted by molar-refractivity contribution is 0.384. The fourth-order valence-corrected chi connectivity index (χ4v) is 4.70. The van der Waals surface area contributed by atoms with Gasteiger partial charge in [0.2, 0.25) is 10.0 Å². The van der Waals surface area contributed by atoms with Crippen molar-refractivity contribution in [2.24, 2.45) is 0 Å². The van der Waals surface area contributed by atoms with E-state index in [-0.39, 0.29) is 0 Å². The second-order valence-electron chi connectivity index (χ2n) is 6.68. The molecule has 5 heteroatoms. The molecule has 1 aliphatic heterocycles. The van der Waals surface area contributed by atoms with Crippen LogP contribution in [0.15, 0.2) is 47.4 Å². The fourth-order valence-electron chi connectivity index (χ4n) is 3.28. The number of sulfonamides is 1. The third kappa shape index (κ3) is 3.72. The first-order valence-corrected chi connectivity index (χ1v) is 10.3. The van der Waals surface area contributed by atoms with E-state index in [9.17, 15) is 8.42 Å². The smallest absolute Gasteiger partial charge is 0.243 e. The van der Waals surface area contributed by atoms with Gasteiger partial charge in [0.25, 0.3) is 0 Å². The molecule has 0 unspecified atom stereocenters. The average molecular weight is 359 g/mol. The number of nitrogens with zero attached hydrogens (tertiary/aromatic N) is 2. The first-order valence-electron chi connectivity index (χ1n) is 8.83. The standard InChI is InChI=1S/C20H26N2O2S/c1-4-18-7-9-19(10-8-18)25(23,24)22-13-11-21(12-14-22)20-15-16(2)5-6-17(20)3/h5-10,15H,4,11-14H2,1-3H3. The van der Waals surface area contributed by atoms with Crippen LogP contribution in [0.25, 0.3) is 0 Å². The molecule has 0 aromatic heterocycles. The van der Waals surface area contributed by atoms with Gasteiger partial charge in [-0.05, 0) is 55.2 Å². The molecule has 2 aromatic rings. The highest BCUT2D eigenvalue weighted by Gasteiger charge is 2.28. The third-order valence-electron chi connectivity index (χ3n) is 4.91. The van der Waals surface area contributed by atoms with Crippen molar-refractivity contribution in [2.45, 2.75) is 32.1 Å².